The largest absolute Gasteiger partial charge is 0.482 e. The van der Waals surface area contributed by atoms with E-state index in [9.17, 15) is 27.9 Å². The van der Waals surface area contributed by atoms with E-state index in [0.717, 1.165) is 25.3 Å². The van der Waals surface area contributed by atoms with Gasteiger partial charge in [0.1, 0.15) is 0 Å². The predicted molar refractivity (Wildman–Crippen MR) is 57.2 cm³/mol. The smallest absolute Gasteiger partial charge is 0.465 e. The number of ether oxygens (including phenoxy) is 1. The van der Waals surface area contributed by atoms with Crippen molar-refractivity contribution >= 4 is 18.6 Å². The molecule has 0 aliphatic heterocycles. The number of hydrogen-bond donors (Lipinski definition) is 0. The van der Waals surface area contributed by atoms with Crippen molar-refractivity contribution in [3.8, 4) is 0 Å². The Hall–Kier alpha value is -2.06. The molecule has 0 aliphatic rings. The van der Waals surface area contributed by atoms with Gasteiger partial charge in [-0.2, -0.15) is 0 Å². The fourth-order valence-electron chi connectivity index (χ4n) is 1.40. The summed E-state index contributed by atoms with van der Waals surface area (Å²) in [6.45, 7) is -5.18. The Morgan fingerprint density at radius 1 is 1.44 bits per heavy atom. The van der Waals surface area contributed by atoms with Gasteiger partial charge in [0.2, 0.25) is 0 Å². The number of nitrogens with zero attached hydrogens (tertiary/aromatic N) is 1. The number of esters is 1. The number of nitro benzene ring substituents is 1. The van der Waals surface area contributed by atoms with E-state index in [-0.39, 0.29) is 5.56 Å². The third-order valence-electron chi connectivity index (χ3n) is 2.15. The van der Waals surface area contributed by atoms with Crippen LogP contribution < -0.4 is 0 Å². The fraction of sp³-hybridized carbons (Fsp3) is 0.222. The molecular formula is C9H8BF3NO4-. The van der Waals surface area contributed by atoms with Crippen LogP contribution in [-0.2, 0) is 11.1 Å². The molecule has 5 nitrogen and oxygen atoms in total. The van der Waals surface area contributed by atoms with Gasteiger partial charge < -0.3 is 17.7 Å². The molecule has 1 rings (SSSR count). The summed E-state index contributed by atoms with van der Waals surface area (Å²) in [6.07, 6.45) is -1.36. The zero-order valence-corrected chi connectivity index (χ0v) is 9.23. The molecule has 0 aliphatic carbocycles. The number of halogens is 3. The van der Waals surface area contributed by atoms with Gasteiger partial charge in [0.15, 0.2) is 0 Å². The van der Waals surface area contributed by atoms with Gasteiger partial charge in [-0.05, 0) is 6.07 Å². The lowest BCUT2D eigenvalue weighted by Gasteiger charge is -2.13. The maximum absolute atomic E-state index is 12.3. The average molecular weight is 262 g/mol. The third kappa shape index (κ3) is 3.47. The standard InChI is InChI=1S/C9H8BF3NO4/c1-18-9(15)6-2-3-7(5-10(11,12)13)8(4-6)14(16)17/h2-4H,5H2,1H3/q-1. The zero-order chi connectivity index (χ0) is 13.9. The second kappa shape index (κ2) is 5.07. The quantitative estimate of drug-likeness (QED) is 0.361. The van der Waals surface area contributed by atoms with Crippen LogP contribution in [0, 0.1) is 10.1 Å². The summed E-state index contributed by atoms with van der Waals surface area (Å²) in [5.41, 5.74) is -1.38. The second-order valence-electron chi connectivity index (χ2n) is 3.51. The highest BCUT2D eigenvalue weighted by Gasteiger charge is 2.28. The fourth-order valence-corrected chi connectivity index (χ4v) is 1.40. The van der Waals surface area contributed by atoms with Crippen LogP contribution in [-0.4, -0.2) is 25.0 Å². The topological polar surface area (TPSA) is 69.4 Å². The normalized spacial score (nSPS) is 11.1. The Kier molecular flexibility index (Phi) is 3.94. The van der Waals surface area contributed by atoms with Gasteiger partial charge in [-0.3, -0.25) is 10.1 Å². The van der Waals surface area contributed by atoms with Crippen molar-refractivity contribution in [1.29, 1.82) is 0 Å². The van der Waals surface area contributed by atoms with E-state index in [2.05, 4.69) is 4.74 Å². The summed E-state index contributed by atoms with van der Waals surface area (Å²) >= 11 is 0. The molecule has 1 aromatic carbocycles. The Bertz CT molecular complexity index is 489. The molecule has 0 heterocycles. The maximum Gasteiger partial charge on any atom is 0.482 e. The molecule has 0 saturated heterocycles. The molecule has 0 radical (unpaired) electrons. The van der Waals surface area contributed by atoms with Crippen molar-refractivity contribution in [2.75, 3.05) is 7.11 Å². The van der Waals surface area contributed by atoms with Crippen LogP contribution in [0.15, 0.2) is 18.2 Å². The molecule has 0 spiro atoms. The van der Waals surface area contributed by atoms with Crippen LogP contribution in [0.4, 0.5) is 18.6 Å². The molecule has 0 saturated carbocycles. The first kappa shape index (κ1) is 14.0. The van der Waals surface area contributed by atoms with Crippen LogP contribution in [0.5, 0.6) is 0 Å². The number of nitro groups is 1. The van der Waals surface area contributed by atoms with E-state index in [4.69, 9.17) is 0 Å². The third-order valence-corrected chi connectivity index (χ3v) is 2.15. The minimum Gasteiger partial charge on any atom is -0.465 e. The maximum atomic E-state index is 12.3. The molecule has 0 unspecified atom stereocenters. The van der Waals surface area contributed by atoms with Crippen LogP contribution >= 0.6 is 0 Å². The second-order valence-corrected chi connectivity index (χ2v) is 3.51. The van der Waals surface area contributed by atoms with Crippen molar-refractivity contribution in [3.63, 3.8) is 0 Å². The van der Waals surface area contributed by atoms with E-state index in [1.165, 1.54) is 0 Å². The molecule has 18 heavy (non-hydrogen) atoms. The van der Waals surface area contributed by atoms with Gasteiger partial charge in [0.25, 0.3) is 5.69 Å². The summed E-state index contributed by atoms with van der Waals surface area (Å²) in [6, 6.07) is 2.76. The summed E-state index contributed by atoms with van der Waals surface area (Å²) in [5.74, 6) is -0.845. The molecule has 0 bridgehead atoms. The van der Waals surface area contributed by atoms with Crippen molar-refractivity contribution in [2.45, 2.75) is 6.32 Å². The van der Waals surface area contributed by atoms with Crippen molar-refractivity contribution in [1.82, 2.24) is 0 Å². The van der Waals surface area contributed by atoms with E-state index < -0.39 is 35.4 Å². The number of methoxy groups -OCH3 is 1. The zero-order valence-electron chi connectivity index (χ0n) is 9.23. The minimum atomic E-state index is -5.18. The molecule has 0 aromatic heterocycles. The van der Waals surface area contributed by atoms with Crippen molar-refractivity contribution in [3.05, 3.63) is 39.4 Å². The van der Waals surface area contributed by atoms with Gasteiger partial charge in [-0.25, -0.2) is 4.79 Å². The first-order chi connectivity index (χ1) is 8.24. The van der Waals surface area contributed by atoms with Gasteiger partial charge in [-0.15, -0.1) is 0 Å². The highest BCUT2D eigenvalue weighted by Crippen LogP contribution is 2.26. The summed E-state index contributed by atoms with van der Waals surface area (Å²) in [7, 11) is 1.07. The first-order valence-electron chi connectivity index (χ1n) is 4.81. The summed E-state index contributed by atoms with van der Waals surface area (Å²) in [4.78, 5) is 20.8. The molecule has 98 valence electrons. The van der Waals surface area contributed by atoms with Gasteiger partial charge in [0, 0.05) is 11.6 Å². The minimum absolute atomic E-state index is 0.164. The molecule has 0 N–H and O–H groups in total. The van der Waals surface area contributed by atoms with Crippen LogP contribution in [0.3, 0.4) is 0 Å². The Morgan fingerprint density at radius 3 is 2.50 bits per heavy atom. The SMILES string of the molecule is COC(=O)c1ccc(C[B-](F)(F)F)c([N+](=O)[O-])c1. The van der Waals surface area contributed by atoms with Gasteiger partial charge >= 0.3 is 12.9 Å². The molecule has 9 heteroatoms. The monoisotopic (exact) mass is 262 g/mol. The van der Waals surface area contributed by atoms with Crippen LogP contribution in [0.25, 0.3) is 0 Å². The van der Waals surface area contributed by atoms with Crippen LogP contribution in [0.2, 0.25) is 0 Å². The van der Waals surface area contributed by atoms with Crippen molar-refractivity contribution < 1.29 is 27.4 Å². The van der Waals surface area contributed by atoms with Crippen molar-refractivity contribution in [2.24, 2.45) is 0 Å². The molecule has 0 amide bonds. The number of benzene rings is 1. The summed E-state index contributed by atoms with van der Waals surface area (Å²) in [5, 5.41) is 10.7. The van der Waals surface area contributed by atoms with E-state index in [1.54, 1.807) is 0 Å². The predicted octanol–water partition coefficient (Wildman–Crippen LogP) is 2.31. The Labute approximate surface area is 99.8 Å². The Balaban J connectivity index is 3.21. The highest BCUT2D eigenvalue weighted by molar-refractivity contribution is 6.58. The number of carbonyl (C=O) groups excluding carboxylic acids is 1. The Morgan fingerprint density at radius 2 is 2.06 bits per heavy atom. The van der Waals surface area contributed by atoms with E-state index >= 15 is 0 Å². The van der Waals surface area contributed by atoms with Gasteiger partial charge in [0.05, 0.1) is 17.6 Å². The molecular weight excluding hydrogens is 254 g/mol. The van der Waals surface area contributed by atoms with E-state index in [0.29, 0.717) is 0 Å². The first-order valence-corrected chi connectivity index (χ1v) is 4.81. The number of rotatable bonds is 4. The number of carbonyl (C=O) groups is 1. The average Bonchev–Trinajstić information content (AvgIpc) is 2.26. The van der Waals surface area contributed by atoms with Gasteiger partial charge in [-0.1, -0.05) is 12.4 Å². The molecule has 0 atom stereocenters. The lowest BCUT2D eigenvalue weighted by molar-refractivity contribution is -0.385. The van der Waals surface area contributed by atoms with E-state index in [1.807, 2.05) is 0 Å². The lowest BCUT2D eigenvalue weighted by atomic mass is 9.81. The molecule has 0 fully saturated rings. The number of hydrogen-bond acceptors (Lipinski definition) is 4. The molecule has 1 aromatic rings. The van der Waals surface area contributed by atoms with Crippen LogP contribution in [0.1, 0.15) is 15.9 Å². The summed E-state index contributed by atoms with van der Waals surface area (Å²) < 4.78 is 41.1. The lowest BCUT2D eigenvalue weighted by Crippen LogP contribution is -2.20. The highest BCUT2D eigenvalue weighted by atomic mass is 19.4.